The second-order valence-electron chi connectivity index (χ2n) is 3.78. The van der Waals surface area contributed by atoms with E-state index in [-0.39, 0.29) is 0 Å². The highest BCUT2D eigenvalue weighted by atomic mass is 32.2. The van der Waals surface area contributed by atoms with Crippen molar-refractivity contribution >= 4 is 33.2 Å². The first-order valence-corrected chi connectivity index (χ1v) is 7.44. The highest BCUT2D eigenvalue weighted by Gasteiger charge is 2.21. The first-order valence-electron chi connectivity index (χ1n) is 5.47. The number of thiazole rings is 1. The third-order valence-electron chi connectivity index (χ3n) is 2.68. The van der Waals surface area contributed by atoms with E-state index in [1.807, 2.05) is 23.9 Å². The molecule has 0 amide bonds. The van der Waals surface area contributed by atoms with Gasteiger partial charge in [-0.25, -0.2) is 4.98 Å². The fourth-order valence-corrected chi connectivity index (χ4v) is 3.68. The van der Waals surface area contributed by atoms with Crippen molar-refractivity contribution in [3.05, 3.63) is 18.4 Å². The Hall–Kier alpha value is -1.14. The summed E-state index contributed by atoms with van der Waals surface area (Å²) in [6.45, 7) is 2.11. The predicted molar refractivity (Wildman–Crippen MR) is 73.8 cm³/mol. The summed E-state index contributed by atoms with van der Waals surface area (Å²) in [6.07, 6.45) is 1.67. The number of aromatic nitrogens is 1. The maximum atomic E-state index is 5.83. The molecule has 0 radical (unpaired) electrons. The molecule has 2 aromatic rings. The van der Waals surface area contributed by atoms with E-state index in [0.717, 1.165) is 41.1 Å². The molecular weight excluding hydrogens is 254 g/mol. The lowest BCUT2D eigenvalue weighted by atomic mass is 10.3. The van der Waals surface area contributed by atoms with Crippen LogP contribution in [0.5, 0.6) is 0 Å². The molecule has 0 atom stereocenters. The van der Waals surface area contributed by atoms with Crippen LogP contribution in [0.3, 0.4) is 0 Å². The number of thioether (sulfide) groups is 1. The average molecular weight is 267 g/mol. The third-order valence-corrected chi connectivity index (χ3v) is 4.57. The van der Waals surface area contributed by atoms with Gasteiger partial charge in [-0.1, -0.05) is 11.3 Å². The molecule has 3 heterocycles. The molecule has 3 rings (SSSR count). The van der Waals surface area contributed by atoms with Crippen LogP contribution in [0.15, 0.2) is 22.8 Å². The topological polar surface area (TPSA) is 55.3 Å². The van der Waals surface area contributed by atoms with E-state index in [2.05, 4.69) is 9.88 Å². The number of nitrogens with zero attached hydrogens (tertiary/aromatic N) is 2. The summed E-state index contributed by atoms with van der Waals surface area (Å²) in [5.41, 5.74) is 6.71. The minimum atomic E-state index is 0.602. The zero-order valence-electron chi connectivity index (χ0n) is 9.26. The fraction of sp³-hybridized carbons (Fsp3) is 0.364. The Kier molecular flexibility index (Phi) is 2.98. The van der Waals surface area contributed by atoms with Gasteiger partial charge >= 0.3 is 0 Å². The van der Waals surface area contributed by atoms with Gasteiger partial charge in [-0.05, 0) is 12.1 Å². The van der Waals surface area contributed by atoms with Crippen LogP contribution in [0.2, 0.25) is 0 Å². The van der Waals surface area contributed by atoms with Crippen LogP contribution < -0.4 is 10.6 Å². The van der Waals surface area contributed by atoms with Gasteiger partial charge in [0.1, 0.15) is 10.7 Å². The summed E-state index contributed by atoms with van der Waals surface area (Å²) < 4.78 is 5.42. The lowest BCUT2D eigenvalue weighted by Gasteiger charge is -2.27. The quantitative estimate of drug-likeness (QED) is 0.906. The molecule has 1 aliphatic heterocycles. The molecule has 4 nitrogen and oxygen atoms in total. The van der Waals surface area contributed by atoms with Gasteiger partial charge in [0.15, 0.2) is 10.9 Å². The van der Waals surface area contributed by atoms with Gasteiger partial charge in [-0.3, -0.25) is 0 Å². The monoisotopic (exact) mass is 267 g/mol. The van der Waals surface area contributed by atoms with E-state index in [1.54, 1.807) is 17.6 Å². The molecule has 0 aromatic carbocycles. The molecule has 17 heavy (non-hydrogen) atoms. The van der Waals surface area contributed by atoms with Crippen molar-refractivity contribution in [2.45, 2.75) is 0 Å². The van der Waals surface area contributed by atoms with Crippen LogP contribution in [0.1, 0.15) is 0 Å². The SMILES string of the molecule is Nc1nc(-c2ccco2)c(N2CCSCC2)s1. The minimum Gasteiger partial charge on any atom is -0.463 e. The second-order valence-corrected chi connectivity index (χ2v) is 6.02. The Bertz CT molecular complexity index is 489. The van der Waals surface area contributed by atoms with E-state index in [0.29, 0.717) is 5.13 Å². The number of anilines is 2. The van der Waals surface area contributed by atoms with Crippen LogP contribution in [-0.2, 0) is 0 Å². The molecule has 2 aromatic heterocycles. The largest absolute Gasteiger partial charge is 0.463 e. The Morgan fingerprint density at radius 1 is 1.35 bits per heavy atom. The number of hydrogen-bond donors (Lipinski definition) is 1. The van der Waals surface area contributed by atoms with Gasteiger partial charge in [0.05, 0.1) is 6.26 Å². The molecule has 0 unspecified atom stereocenters. The van der Waals surface area contributed by atoms with Crippen LogP contribution in [0, 0.1) is 0 Å². The number of furan rings is 1. The number of nitrogen functional groups attached to an aromatic ring is 1. The van der Waals surface area contributed by atoms with Crippen molar-refractivity contribution in [2.24, 2.45) is 0 Å². The van der Waals surface area contributed by atoms with Crippen LogP contribution >= 0.6 is 23.1 Å². The molecule has 1 saturated heterocycles. The van der Waals surface area contributed by atoms with Gasteiger partial charge in [-0.15, -0.1) is 0 Å². The van der Waals surface area contributed by atoms with Gasteiger partial charge in [0.2, 0.25) is 0 Å². The Morgan fingerprint density at radius 2 is 2.18 bits per heavy atom. The molecule has 6 heteroatoms. The summed E-state index contributed by atoms with van der Waals surface area (Å²) in [5, 5.41) is 1.74. The number of rotatable bonds is 2. The van der Waals surface area contributed by atoms with E-state index >= 15 is 0 Å². The first-order chi connectivity index (χ1) is 8.34. The summed E-state index contributed by atoms with van der Waals surface area (Å²) in [5.74, 6) is 3.12. The van der Waals surface area contributed by atoms with Crippen molar-refractivity contribution in [1.29, 1.82) is 0 Å². The fourth-order valence-electron chi connectivity index (χ4n) is 1.88. The molecule has 2 N–H and O–H groups in total. The predicted octanol–water partition coefficient (Wildman–Crippen LogP) is 2.54. The molecule has 0 saturated carbocycles. The lowest BCUT2D eigenvalue weighted by molar-refractivity contribution is 0.580. The summed E-state index contributed by atoms with van der Waals surface area (Å²) in [7, 11) is 0. The molecular formula is C11H13N3OS2. The van der Waals surface area contributed by atoms with Crippen LogP contribution in [-0.4, -0.2) is 29.6 Å². The third kappa shape index (κ3) is 2.14. The molecule has 1 fully saturated rings. The van der Waals surface area contributed by atoms with Gasteiger partial charge in [-0.2, -0.15) is 11.8 Å². The zero-order valence-corrected chi connectivity index (χ0v) is 10.9. The van der Waals surface area contributed by atoms with Gasteiger partial charge in [0, 0.05) is 24.6 Å². The smallest absolute Gasteiger partial charge is 0.182 e. The highest BCUT2D eigenvalue weighted by molar-refractivity contribution is 7.99. The van der Waals surface area contributed by atoms with E-state index in [9.17, 15) is 0 Å². The maximum Gasteiger partial charge on any atom is 0.182 e. The minimum absolute atomic E-state index is 0.602. The Morgan fingerprint density at radius 3 is 2.88 bits per heavy atom. The van der Waals surface area contributed by atoms with Crippen LogP contribution in [0.4, 0.5) is 10.1 Å². The zero-order chi connectivity index (χ0) is 11.7. The van der Waals surface area contributed by atoms with Crippen LogP contribution in [0.25, 0.3) is 11.5 Å². The van der Waals surface area contributed by atoms with Gasteiger partial charge < -0.3 is 15.1 Å². The van der Waals surface area contributed by atoms with E-state index in [4.69, 9.17) is 10.2 Å². The first kappa shape index (κ1) is 11.0. The Balaban J connectivity index is 1.98. The molecule has 90 valence electrons. The number of nitrogens with two attached hydrogens (primary N) is 1. The maximum absolute atomic E-state index is 5.83. The van der Waals surface area contributed by atoms with Gasteiger partial charge in [0.25, 0.3) is 0 Å². The van der Waals surface area contributed by atoms with Crippen molar-refractivity contribution < 1.29 is 4.42 Å². The molecule has 0 bridgehead atoms. The van der Waals surface area contributed by atoms with Crippen molar-refractivity contribution in [1.82, 2.24) is 4.98 Å². The Labute approximate surface area is 108 Å². The molecule has 0 aliphatic carbocycles. The van der Waals surface area contributed by atoms with Crippen molar-refractivity contribution in [3.8, 4) is 11.5 Å². The molecule has 0 spiro atoms. The number of hydrogen-bond acceptors (Lipinski definition) is 6. The standard InChI is InChI=1S/C11H13N3OS2/c12-11-13-9(8-2-1-5-15-8)10(17-11)14-3-6-16-7-4-14/h1-2,5H,3-4,6-7H2,(H2,12,13). The highest BCUT2D eigenvalue weighted by Crippen LogP contribution is 2.38. The lowest BCUT2D eigenvalue weighted by Crippen LogP contribution is -2.32. The summed E-state index contributed by atoms with van der Waals surface area (Å²) >= 11 is 3.53. The normalized spacial score (nSPS) is 16.4. The van der Waals surface area contributed by atoms with Crippen molar-refractivity contribution in [2.75, 3.05) is 35.2 Å². The summed E-state index contributed by atoms with van der Waals surface area (Å²) in [4.78, 5) is 6.73. The summed E-state index contributed by atoms with van der Waals surface area (Å²) in [6, 6.07) is 3.80. The van der Waals surface area contributed by atoms with Crippen molar-refractivity contribution in [3.63, 3.8) is 0 Å². The average Bonchev–Trinajstić information content (AvgIpc) is 2.98. The van der Waals surface area contributed by atoms with E-state index in [1.165, 1.54) is 0 Å². The van der Waals surface area contributed by atoms with E-state index < -0.39 is 0 Å². The molecule has 1 aliphatic rings. The second kappa shape index (κ2) is 4.62.